The first-order valence-corrected chi connectivity index (χ1v) is 6.84. The number of methoxy groups -OCH3 is 1. The second-order valence-electron chi connectivity index (χ2n) is 5.06. The Morgan fingerprint density at radius 2 is 1.95 bits per heavy atom. The van der Waals surface area contributed by atoms with Crippen LogP contribution in [0.1, 0.15) is 27.1 Å². The molecule has 7 nitrogen and oxygen atoms in total. The number of carbonyl (C=O) groups is 2. The number of amides is 2. The first kappa shape index (κ1) is 14.7. The number of carbonyl (C=O) groups excluding carboxylic acids is 2. The van der Waals surface area contributed by atoms with E-state index in [0.29, 0.717) is 17.5 Å². The molecule has 1 saturated heterocycles. The van der Waals surface area contributed by atoms with Crippen LogP contribution in [-0.4, -0.2) is 43.0 Å². The van der Waals surface area contributed by atoms with Gasteiger partial charge in [-0.2, -0.15) is 5.26 Å². The van der Waals surface area contributed by atoms with E-state index in [-0.39, 0.29) is 6.61 Å². The molecule has 2 aliphatic heterocycles. The van der Waals surface area contributed by atoms with Gasteiger partial charge >= 0.3 is 0 Å². The molecule has 0 spiro atoms. The van der Waals surface area contributed by atoms with Crippen LogP contribution in [0, 0.1) is 17.2 Å². The highest BCUT2D eigenvalue weighted by molar-refractivity contribution is 6.20. The Hall–Kier alpha value is -2.27. The second-order valence-corrected chi connectivity index (χ2v) is 5.06. The fourth-order valence-corrected chi connectivity index (χ4v) is 2.58. The van der Waals surface area contributed by atoms with Gasteiger partial charge in [-0.1, -0.05) is 12.1 Å². The maximum atomic E-state index is 12.1. The number of hydroxylamine groups is 2. The fraction of sp³-hybridized carbons (Fsp3) is 0.400. The Balaban J connectivity index is 1.67. The van der Waals surface area contributed by atoms with E-state index in [1.54, 1.807) is 24.3 Å². The Labute approximate surface area is 126 Å². The van der Waals surface area contributed by atoms with E-state index >= 15 is 0 Å². The van der Waals surface area contributed by atoms with Crippen LogP contribution < -0.4 is 0 Å². The summed E-state index contributed by atoms with van der Waals surface area (Å²) in [5, 5.41) is 9.82. The molecule has 0 aliphatic carbocycles. The lowest BCUT2D eigenvalue weighted by Gasteiger charge is -2.18. The summed E-state index contributed by atoms with van der Waals surface area (Å²) >= 11 is 0. The average Bonchev–Trinajstić information content (AvgIpc) is 3.06. The summed E-state index contributed by atoms with van der Waals surface area (Å²) in [6.07, 6.45) is -0.580. The summed E-state index contributed by atoms with van der Waals surface area (Å²) in [6, 6.07) is 8.63. The van der Waals surface area contributed by atoms with E-state index < -0.39 is 30.1 Å². The molecule has 0 radical (unpaired) electrons. The molecule has 1 aromatic carbocycles. The second kappa shape index (κ2) is 5.85. The van der Waals surface area contributed by atoms with Crippen LogP contribution >= 0.6 is 0 Å². The molecule has 0 saturated carbocycles. The van der Waals surface area contributed by atoms with Gasteiger partial charge in [-0.05, 0) is 12.1 Å². The van der Waals surface area contributed by atoms with Crippen molar-refractivity contribution in [2.24, 2.45) is 5.92 Å². The number of ether oxygens (including phenoxy) is 2. The van der Waals surface area contributed by atoms with Crippen LogP contribution in [0.15, 0.2) is 24.3 Å². The molecule has 0 aromatic heterocycles. The van der Waals surface area contributed by atoms with Crippen molar-refractivity contribution in [1.29, 1.82) is 5.26 Å². The number of imide groups is 1. The van der Waals surface area contributed by atoms with Gasteiger partial charge in [-0.25, -0.2) is 0 Å². The van der Waals surface area contributed by atoms with Crippen molar-refractivity contribution in [3.8, 4) is 6.07 Å². The maximum absolute atomic E-state index is 12.1. The van der Waals surface area contributed by atoms with E-state index in [9.17, 15) is 9.59 Å². The summed E-state index contributed by atoms with van der Waals surface area (Å²) in [5.74, 6) is -1.41. The molecular formula is C15H14N2O5. The predicted molar refractivity (Wildman–Crippen MR) is 72.3 cm³/mol. The zero-order valence-electron chi connectivity index (χ0n) is 11.9. The zero-order valence-corrected chi connectivity index (χ0v) is 11.9. The van der Waals surface area contributed by atoms with Crippen molar-refractivity contribution < 1.29 is 23.9 Å². The molecule has 0 unspecified atom stereocenters. The van der Waals surface area contributed by atoms with Crippen molar-refractivity contribution in [1.82, 2.24) is 5.06 Å². The highest BCUT2D eigenvalue weighted by Crippen LogP contribution is 2.28. The monoisotopic (exact) mass is 302 g/mol. The fourth-order valence-electron chi connectivity index (χ4n) is 2.58. The Kier molecular flexibility index (Phi) is 3.90. The molecule has 7 heteroatoms. The average molecular weight is 302 g/mol. The highest BCUT2D eigenvalue weighted by Gasteiger charge is 2.40. The maximum Gasteiger partial charge on any atom is 0.285 e. The smallest absolute Gasteiger partial charge is 0.285 e. The number of rotatable bonds is 4. The molecule has 114 valence electrons. The first-order valence-electron chi connectivity index (χ1n) is 6.84. The minimum absolute atomic E-state index is 0.0659. The van der Waals surface area contributed by atoms with Crippen LogP contribution in [-0.2, 0) is 14.3 Å². The largest absolute Gasteiger partial charge is 0.356 e. The molecule has 1 fully saturated rings. The van der Waals surface area contributed by atoms with Crippen LogP contribution in [0.5, 0.6) is 0 Å². The molecule has 1 aromatic rings. The van der Waals surface area contributed by atoms with E-state index in [1.807, 2.05) is 0 Å². The van der Waals surface area contributed by atoms with Crippen molar-refractivity contribution in [3.05, 3.63) is 35.4 Å². The van der Waals surface area contributed by atoms with Gasteiger partial charge in [-0.15, -0.1) is 5.06 Å². The lowest BCUT2D eigenvalue weighted by molar-refractivity contribution is -0.161. The van der Waals surface area contributed by atoms with Crippen molar-refractivity contribution >= 4 is 11.8 Å². The Morgan fingerprint density at radius 3 is 2.50 bits per heavy atom. The van der Waals surface area contributed by atoms with Gasteiger partial charge in [-0.3, -0.25) is 14.4 Å². The van der Waals surface area contributed by atoms with Crippen LogP contribution in [0.25, 0.3) is 0 Å². The summed E-state index contributed by atoms with van der Waals surface area (Å²) in [7, 11) is 1.49. The minimum Gasteiger partial charge on any atom is -0.356 e. The third-order valence-electron chi connectivity index (χ3n) is 3.78. The molecule has 0 N–H and O–H groups in total. The van der Waals surface area contributed by atoms with Crippen molar-refractivity contribution in [3.63, 3.8) is 0 Å². The SMILES string of the molecule is CO[C@H]1C[C@H](C#N)[C@@H](CON2C(=O)c3ccccc3C2=O)O1. The van der Waals surface area contributed by atoms with Gasteiger partial charge in [0, 0.05) is 13.5 Å². The molecule has 0 bridgehead atoms. The number of benzene rings is 1. The minimum atomic E-state index is -0.542. The van der Waals surface area contributed by atoms with Gasteiger partial charge in [0.25, 0.3) is 11.8 Å². The van der Waals surface area contributed by atoms with E-state index in [4.69, 9.17) is 19.6 Å². The predicted octanol–water partition coefficient (Wildman–Crippen LogP) is 1.12. The quantitative estimate of drug-likeness (QED) is 0.774. The molecule has 3 atom stereocenters. The van der Waals surface area contributed by atoms with Crippen LogP contribution in [0.2, 0.25) is 0 Å². The van der Waals surface area contributed by atoms with E-state index in [1.165, 1.54) is 7.11 Å². The molecule has 2 heterocycles. The van der Waals surface area contributed by atoms with Gasteiger partial charge in [0.15, 0.2) is 6.29 Å². The molecule has 2 aliphatic rings. The third kappa shape index (κ3) is 2.37. The topological polar surface area (TPSA) is 88.9 Å². The number of nitrogens with zero attached hydrogens (tertiary/aromatic N) is 2. The van der Waals surface area contributed by atoms with E-state index in [2.05, 4.69) is 6.07 Å². The van der Waals surface area contributed by atoms with Gasteiger partial charge in [0.2, 0.25) is 0 Å². The van der Waals surface area contributed by atoms with Crippen molar-refractivity contribution in [2.45, 2.75) is 18.8 Å². The Morgan fingerprint density at radius 1 is 1.32 bits per heavy atom. The summed E-state index contributed by atoms with van der Waals surface area (Å²) in [4.78, 5) is 29.6. The lowest BCUT2D eigenvalue weighted by Crippen LogP contribution is -2.34. The number of hydrogen-bond donors (Lipinski definition) is 0. The van der Waals surface area contributed by atoms with Crippen LogP contribution in [0.4, 0.5) is 0 Å². The summed E-state index contributed by atoms with van der Waals surface area (Å²) in [5.41, 5.74) is 0.623. The number of hydrogen-bond acceptors (Lipinski definition) is 6. The van der Waals surface area contributed by atoms with E-state index in [0.717, 1.165) is 5.06 Å². The van der Waals surface area contributed by atoms with Crippen molar-refractivity contribution in [2.75, 3.05) is 13.7 Å². The standard InChI is InChI=1S/C15H14N2O5/c1-20-13-6-9(7-16)12(22-13)8-21-17-14(18)10-4-2-3-5-11(10)15(17)19/h2-5,9,12-13H,6,8H2,1H3/t9-,12-,13-/m1/s1. The Bertz CT molecular complexity index is 619. The molecule has 2 amide bonds. The third-order valence-corrected chi connectivity index (χ3v) is 3.78. The summed E-state index contributed by atoms with van der Waals surface area (Å²) < 4.78 is 10.6. The van der Waals surface area contributed by atoms with Gasteiger partial charge in [0.05, 0.1) is 23.1 Å². The molecular weight excluding hydrogens is 288 g/mol. The highest BCUT2D eigenvalue weighted by atomic mass is 16.7. The van der Waals surface area contributed by atoms with Gasteiger partial charge < -0.3 is 9.47 Å². The van der Waals surface area contributed by atoms with Crippen LogP contribution in [0.3, 0.4) is 0 Å². The number of fused-ring (bicyclic) bond motifs is 1. The number of nitriles is 1. The first-order chi connectivity index (χ1) is 10.7. The zero-order chi connectivity index (χ0) is 15.7. The normalized spacial score (nSPS) is 27.1. The molecule has 22 heavy (non-hydrogen) atoms. The van der Waals surface area contributed by atoms with Gasteiger partial charge in [0.1, 0.15) is 12.7 Å². The molecule has 3 rings (SSSR count). The lowest BCUT2D eigenvalue weighted by atomic mass is 10.0. The summed E-state index contributed by atoms with van der Waals surface area (Å²) in [6.45, 7) is -0.0659.